The van der Waals surface area contributed by atoms with Gasteiger partial charge in [0.15, 0.2) is 11.8 Å². The maximum Gasteiger partial charge on any atom is 0.194 e. The van der Waals surface area contributed by atoms with Crippen molar-refractivity contribution in [2.45, 2.75) is 70.5 Å². The van der Waals surface area contributed by atoms with E-state index in [1.54, 1.807) is 0 Å². The zero-order valence-corrected chi connectivity index (χ0v) is 19.1. The van der Waals surface area contributed by atoms with E-state index < -0.39 is 0 Å². The first-order valence-corrected chi connectivity index (χ1v) is 10.4. The highest BCUT2D eigenvalue weighted by molar-refractivity contribution is 14.0. The number of guanidine groups is 1. The quantitative estimate of drug-likeness (QED) is 0.401. The molecule has 8 heteroatoms. The molecule has 3 aliphatic rings. The number of aromatic nitrogens is 3. The van der Waals surface area contributed by atoms with Gasteiger partial charge < -0.3 is 14.8 Å². The van der Waals surface area contributed by atoms with Gasteiger partial charge >= 0.3 is 0 Å². The van der Waals surface area contributed by atoms with Gasteiger partial charge in [-0.25, -0.2) is 4.99 Å². The first-order valence-electron chi connectivity index (χ1n) is 10.4. The summed E-state index contributed by atoms with van der Waals surface area (Å²) in [5.74, 6) is 2.93. The summed E-state index contributed by atoms with van der Waals surface area (Å²) < 4.78 is 2.03. The Bertz CT molecular complexity index is 626. The summed E-state index contributed by atoms with van der Waals surface area (Å²) in [5.41, 5.74) is 0. The van der Waals surface area contributed by atoms with Gasteiger partial charge in [-0.15, -0.1) is 34.2 Å². The van der Waals surface area contributed by atoms with E-state index >= 15 is 0 Å². The van der Waals surface area contributed by atoms with Crippen LogP contribution in [0.5, 0.6) is 0 Å². The molecule has 1 aromatic rings. The smallest absolute Gasteiger partial charge is 0.194 e. The molecule has 1 aromatic heterocycles. The highest BCUT2D eigenvalue weighted by Gasteiger charge is 2.29. The van der Waals surface area contributed by atoms with Crippen molar-refractivity contribution in [3.63, 3.8) is 0 Å². The van der Waals surface area contributed by atoms with Gasteiger partial charge in [-0.3, -0.25) is 4.90 Å². The Morgan fingerprint density at radius 3 is 2.33 bits per heavy atom. The molecule has 27 heavy (non-hydrogen) atoms. The molecule has 0 aromatic carbocycles. The van der Waals surface area contributed by atoms with Crippen LogP contribution in [0, 0.1) is 6.92 Å². The van der Waals surface area contributed by atoms with Crippen LogP contribution in [-0.2, 0) is 13.6 Å². The molecule has 0 atom stereocenters. The number of aryl methyl sites for hydroxylation is 1. The Morgan fingerprint density at radius 2 is 1.74 bits per heavy atom. The normalized spacial score (nSPS) is 22.6. The lowest BCUT2D eigenvalue weighted by molar-refractivity contribution is 0.106. The van der Waals surface area contributed by atoms with Crippen molar-refractivity contribution in [1.29, 1.82) is 0 Å². The standard InChI is InChI=1S/C19H33N7.HI/c1-15-22-23-18(24(15)2)14-20-19(21-16-8-9-16)26-12-10-25(11-13-26)17-6-4-3-5-7-17;/h16-17H,3-14H2,1-2H3,(H,20,21);1H. The second kappa shape index (κ2) is 9.54. The number of hydrogen-bond acceptors (Lipinski definition) is 4. The highest BCUT2D eigenvalue weighted by atomic mass is 127. The van der Waals surface area contributed by atoms with Crippen molar-refractivity contribution in [1.82, 2.24) is 29.9 Å². The largest absolute Gasteiger partial charge is 0.353 e. The molecule has 0 spiro atoms. The zero-order chi connectivity index (χ0) is 17.9. The van der Waals surface area contributed by atoms with Crippen LogP contribution < -0.4 is 5.32 Å². The van der Waals surface area contributed by atoms with Crippen molar-refractivity contribution in [3.05, 3.63) is 11.6 Å². The fourth-order valence-electron chi connectivity index (χ4n) is 4.13. The molecule has 0 bridgehead atoms. The van der Waals surface area contributed by atoms with Gasteiger partial charge in [0.1, 0.15) is 12.4 Å². The van der Waals surface area contributed by atoms with Gasteiger partial charge in [0.2, 0.25) is 0 Å². The van der Waals surface area contributed by atoms with Crippen LogP contribution in [0.1, 0.15) is 56.6 Å². The summed E-state index contributed by atoms with van der Waals surface area (Å²) in [6.45, 7) is 7.06. The van der Waals surface area contributed by atoms with E-state index in [1.165, 1.54) is 58.0 Å². The van der Waals surface area contributed by atoms with E-state index in [-0.39, 0.29) is 24.0 Å². The Balaban J connectivity index is 0.00000210. The van der Waals surface area contributed by atoms with E-state index in [4.69, 9.17) is 4.99 Å². The Morgan fingerprint density at radius 1 is 1.04 bits per heavy atom. The lowest BCUT2D eigenvalue weighted by Gasteiger charge is -2.41. The number of hydrogen-bond donors (Lipinski definition) is 1. The van der Waals surface area contributed by atoms with Crippen molar-refractivity contribution in [2.24, 2.45) is 12.0 Å². The summed E-state index contributed by atoms with van der Waals surface area (Å²) in [4.78, 5) is 10.1. The summed E-state index contributed by atoms with van der Waals surface area (Å²) in [6.07, 6.45) is 9.59. The average molecular weight is 487 g/mol. The van der Waals surface area contributed by atoms with E-state index in [1.807, 2.05) is 18.5 Å². The SMILES string of the molecule is Cc1nnc(CN=C(NC2CC2)N2CCN(C3CCCCC3)CC2)n1C.I. The van der Waals surface area contributed by atoms with Gasteiger partial charge in [-0.1, -0.05) is 19.3 Å². The minimum absolute atomic E-state index is 0. The van der Waals surface area contributed by atoms with Gasteiger partial charge in [-0.05, 0) is 32.6 Å². The summed E-state index contributed by atoms with van der Waals surface area (Å²) >= 11 is 0. The van der Waals surface area contributed by atoms with Crippen molar-refractivity contribution < 1.29 is 0 Å². The molecule has 3 fully saturated rings. The first-order chi connectivity index (χ1) is 12.7. The van der Waals surface area contributed by atoms with Gasteiger partial charge in [0.05, 0.1) is 0 Å². The molecule has 1 N–H and O–H groups in total. The average Bonchev–Trinajstić information content (AvgIpc) is 3.45. The molecule has 2 aliphatic carbocycles. The van der Waals surface area contributed by atoms with Crippen LogP contribution in [0.15, 0.2) is 4.99 Å². The van der Waals surface area contributed by atoms with Crippen molar-refractivity contribution >= 4 is 29.9 Å². The molecular formula is C19H34IN7. The Labute approximate surface area is 180 Å². The zero-order valence-electron chi connectivity index (χ0n) is 16.7. The summed E-state index contributed by atoms with van der Waals surface area (Å²) in [6, 6.07) is 1.44. The first kappa shape index (κ1) is 20.8. The number of halogens is 1. The maximum atomic E-state index is 4.90. The Kier molecular flexibility index (Phi) is 7.35. The van der Waals surface area contributed by atoms with Crippen LogP contribution in [0.4, 0.5) is 0 Å². The molecule has 0 unspecified atom stereocenters. The summed E-state index contributed by atoms with van der Waals surface area (Å²) in [7, 11) is 2.01. The molecule has 1 aliphatic heterocycles. The van der Waals surface area contributed by atoms with Crippen LogP contribution >= 0.6 is 24.0 Å². The summed E-state index contributed by atoms with van der Waals surface area (Å²) in [5, 5.41) is 12.0. The Hall–Kier alpha value is -0.900. The predicted octanol–water partition coefficient (Wildman–Crippen LogP) is 2.30. The maximum absolute atomic E-state index is 4.90. The second-order valence-electron chi connectivity index (χ2n) is 8.10. The minimum atomic E-state index is 0. The monoisotopic (exact) mass is 487 g/mol. The number of nitrogens with one attached hydrogen (secondary N) is 1. The van der Waals surface area contributed by atoms with Crippen LogP contribution in [0.2, 0.25) is 0 Å². The number of nitrogens with zero attached hydrogens (tertiary/aromatic N) is 6. The third-order valence-corrected chi connectivity index (χ3v) is 6.17. The lowest BCUT2D eigenvalue weighted by atomic mass is 9.94. The fourth-order valence-corrected chi connectivity index (χ4v) is 4.13. The van der Waals surface area contributed by atoms with E-state index in [0.29, 0.717) is 12.6 Å². The van der Waals surface area contributed by atoms with E-state index in [9.17, 15) is 0 Å². The number of piperazine rings is 1. The molecule has 2 heterocycles. The van der Waals surface area contributed by atoms with Crippen LogP contribution in [-0.4, -0.2) is 68.8 Å². The van der Waals surface area contributed by atoms with Gasteiger partial charge in [0, 0.05) is 45.3 Å². The predicted molar refractivity (Wildman–Crippen MR) is 118 cm³/mol. The van der Waals surface area contributed by atoms with E-state index in [2.05, 4.69) is 25.3 Å². The molecular weight excluding hydrogens is 453 g/mol. The van der Waals surface area contributed by atoms with Crippen molar-refractivity contribution in [2.75, 3.05) is 26.2 Å². The topological polar surface area (TPSA) is 61.6 Å². The van der Waals surface area contributed by atoms with E-state index in [0.717, 1.165) is 36.7 Å². The van der Waals surface area contributed by atoms with Gasteiger partial charge in [-0.2, -0.15) is 0 Å². The molecule has 2 saturated carbocycles. The molecule has 7 nitrogen and oxygen atoms in total. The second-order valence-corrected chi connectivity index (χ2v) is 8.10. The molecule has 4 rings (SSSR count). The highest BCUT2D eigenvalue weighted by Crippen LogP contribution is 2.24. The minimum Gasteiger partial charge on any atom is -0.353 e. The molecule has 1 saturated heterocycles. The van der Waals surface area contributed by atoms with Gasteiger partial charge in [0.25, 0.3) is 0 Å². The molecule has 0 radical (unpaired) electrons. The van der Waals surface area contributed by atoms with Crippen LogP contribution in [0.3, 0.4) is 0 Å². The number of rotatable bonds is 4. The van der Waals surface area contributed by atoms with Crippen LogP contribution in [0.25, 0.3) is 0 Å². The van der Waals surface area contributed by atoms with Crippen molar-refractivity contribution in [3.8, 4) is 0 Å². The molecule has 152 valence electrons. The third-order valence-electron chi connectivity index (χ3n) is 6.17. The fraction of sp³-hybridized carbons (Fsp3) is 0.842. The molecule has 0 amide bonds. The third kappa shape index (κ3) is 5.34. The number of aliphatic imine (C=N–C) groups is 1. The lowest BCUT2D eigenvalue weighted by Crippen LogP contribution is -2.55.